The second-order valence-corrected chi connectivity index (χ2v) is 4.52. The Morgan fingerprint density at radius 1 is 1.12 bits per heavy atom. The molecule has 1 aliphatic rings. The number of hydrogen-bond donors (Lipinski definition) is 1. The van der Waals surface area contributed by atoms with E-state index in [0.717, 1.165) is 52.6 Å². The van der Waals surface area contributed by atoms with Gasteiger partial charge in [0.25, 0.3) is 0 Å². The molecule has 17 heavy (non-hydrogen) atoms. The third-order valence-corrected chi connectivity index (χ3v) is 3.00. The third-order valence-electron chi connectivity index (χ3n) is 3.00. The van der Waals surface area contributed by atoms with Crippen LogP contribution < -0.4 is 5.32 Å². The lowest BCUT2D eigenvalue weighted by Gasteiger charge is -2.26. The fraction of sp³-hybridized carbons (Fsp3) is 1.00. The van der Waals surface area contributed by atoms with Crippen molar-refractivity contribution < 1.29 is 9.47 Å². The van der Waals surface area contributed by atoms with Crippen LogP contribution >= 0.6 is 0 Å². The molecule has 1 saturated heterocycles. The van der Waals surface area contributed by atoms with Crippen molar-refractivity contribution in [3.8, 4) is 0 Å². The van der Waals surface area contributed by atoms with Crippen LogP contribution in [-0.2, 0) is 9.47 Å². The average molecular weight is 244 g/mol. The highest BCUT2D eigenvalue weighted by atomic mass is 16.5. The second kappa shape index (κ2) is 11.0. The summed E-state index contributed by atoms with van der Waals surface area (Å²) in [5.41, 5.74) is 0. The van der Waals surface area contributed by atoms with Crippen LogP contribution in [0, 0.1) is 0 Å². The Morgan fingerprint density at radius 3 is 2.71 bits per heavy atom. The van der Waals surface area contributed by atoms with E-state index in [1.807, 2.05) is 0 Å². The molecule has 1 rings (SSSR count). The van der Waals surface area contributed by atoms with E-state index in [-0.39, 0.29) is 0 Å². The first-order valence-corrected chi connectivity index (χ1v) is 7.02. The molecule has 0 aromatic heterocycles. The van der Waals surface area contributed by atoms with Crippen molar-refractivity contribution in [2.75, 3.05) is 59.2 Å². The fourth-order valence-electron chi connectivity index (χ4n) is 1.87. The SMILES string of the molecule is CCCCOCCNCCCN1CCOCC1. The van der Waals surface area contributed by atoms with Gasteiger partial charge in [0.2, 0.25) is 0 Å². The van der Waals surface area contributed by atoms with E-state index >= 15 is 0 Å². The molecule has 0 aromatic carbocycles. The number of nitrogens with zero attached hydrogens (tertiary/aromatic N) is 1. The maximum Gasteiger partial charge on any atom is 0.0594 e. The molecule has 0 atom stereocenters. The minimum atomic E-state index is 0.845. The molecular formula is C13H28N2O2. The van der Waals surface area contributed by atoms with Crippen LogP contribution in [0.1, 0.15) is 26.2 Å². The van der Waals surface area contributed by atoms with Crippen LogP contribution in [0.3, 0.4) is 0 Å². The van der Waals surface area contributed by atoms with Gasteiger partial charge < -0.3 is 14.8 Å². The van der Waals surface area contributed by atoms with Crippen LogP contribution in [0.15, 0.2) is 0 Å². The molecule has 0 spiro atoms. The molecule has 0 aromatic rings. The molecule has 102 valence electrons. The topological polar surface area (TPSA) is 33.7 Å². The summed E-state index contributed by atoms with van der Waals surface area (Å²) in [6.45, 7) is 11.2. The first-order valence-electron chi connectivity index (χ1n) is 7.02. The molecule has 1 aliphatic heterocycles. The monoisotopic (exact) mass is 244 g/mol. The van der Waals surface area contributed by atoms with Gasteiger partial charge in [-0.25, -0.2) is 0 Å². The van der Waals surface area contributed by atoms with Crippen molar-refractivity contribution in [3.63, 3.8) is 0 Å². The molecular weight excluding hydrogens is 216 g/mol. The van der Waals surface area contributed by atoms with Gasteiger partial charge in [0.05, 0.1) is 19.8 Å². The third kappa shape index (κ3) is 8.55. The van der Waals surface area contributed by atoms with Crippen molar-refractivity contribution >= 4 is 0 Å². The van der Waals surface area contributed by atoms with Crippen LogP contribution in [-0.4, -0.2) is 64.1 Å². The highest BCUT2D eigenvalue weighted by Gasteiger charge is 2.08. The van der Waals surface area contributed by atoms with Crippen molar-refractivity contribution in [1.29, 1.82) is 0 Å². The van der Waals surface area contributed by atoms with E-state index in [4.69, 9.17) is 9.47 Å². The molecule has 1 N–H and O–H groups in total. The van der Waals surface area contributed by atoms with Gasteiger partial charge in [0.15, 0.2) is 0 Å². The minimum Gasteiger partial charge on any atom is -0.380 e. The van der Waals surface area contributed by atoms with E-state index in [1.54, 1.807) is 0 Å². The highest BCUT2D eigenvalue weighted by Crippen LogP contribution is 1.97. The lowest BCUT2D eigenvalue weighted by Crippen LogP contribution is -2.37. The number of morpholine rings is 1. The molecule has 0 aliphatic carbocycles. The summed E-state index contributed by atoms with van der Waals surface area (Å²) in [4.78, 5) is 2.48. The highest BCUT2D eigenvalue weighted by molar-refractivity contribution is 4.62. The Bertz CT molecular complexity index is 161. The van der Waals surface area contributed by atoms with E-state index in [0.29, 0.717) is 0 Å². The molecule has 4 heteroatoms. The Hall–Kier alpha value is -0.160. The van der Waals surface area contributed by atoms with E-state index in [1.165, 1.54) is 25.8 Å². The van der Waals surface area contributed by atoms with Crippen LogP contribution in [0.5, 0.6) is 0 Å². The normalized spacial score (nSPS) is 17.5. The van der Waals surface area contributed by atoms with Crippen molar-refractivity contribution in [2.24, 2.45) is 0 Å². The predicted octanol–water partition coefficient (Wildman–Crippen LogP) is 1.12. The zero-order valence-electron chi connectivity index (χ0n) is 11.2. The molecule has 0 saturated carbocycles. The van der Waals surface area contributed by atoms with Gasteiger partial charge in [-0.2, -0.15) is 0 Å². The Kier molecular flexibility index (Phi) is 9.61. The molecule has 0 radical (unpaired) electrons. The smallest absolute Gasteiger partial charge is 0.0594 e. The lowest BCUT2D eigenvalue weighted by molar-refractivity contribution is 0.0374. The van der Waals surface area contributed by atoms with E-state index < -0.39 is 0 Å². The van der Waals surface area contributed by atoms with Gasteiger partial charge in [0, 0.05) is 26.2 Å². The van der Waals surface area contributed by atoms with Gasteiger partial charge in [-0.05, 0) is 25.9 Å². The number of hydrogen-bond acceptors (Lipinski definition) is 4. The van der Waals surface area contributed by atoms with Crippen LogP contribution in [0.25, 0.3) is 0 Å². The molecule has 4 nitrogen and oxygen atoms in total. The zero-order valence-corrected chi connectivity index (χ0v) is 11.2. The van der Waals surface area contributed by atoms with Gasteiger partial charge in [-0.1, -0.05) is 13.3 Å². The first kappa shape index (κ1) is 14.9. The zero-order chi connectivity index (χ0) is 12.2. The molecule has 0 bridgehead atoms. The van der Waals surface area contributed by atoms with E-state index in [9.17, 15) is 0 Å². The number of rotatable bonds is 10. The summed E-state index contributed by atoms with van der Waals surface area (Å²) >= 11 is 0. The Balaban J connectivity index is 1.75. The lowest BCUT2D eigenvalue weighted by atomic mass is 10.3. The molecule has 1 heterocycles. The molecule has 0 amide bonds. The maximum absolute atomic E-state index is 5.48. The summed E-state index contributed by atoms with van der Waals surface area (Å²) in [6, 6.07) is 0. The van der Waals surface area contributed by atoms with Crippen molar-refractivity contribution in [2.45, 2.75) is 26.2 Å². The minimum absolute atomic E-state index is 0.845. The van der Waals surface area contributed by atoms with Gasteiger partial charge in [0.1, 0.15) is 0 Å². The van der Waals surface area contributed by atoms with Crippen LogP contribution in [0.2, 0.25) is 0 Å². The summed E-state index contributed by atoms with van der Waals surface area (Å²) in [5, 5.41) is 3.42. The molecule has 1 fully saturated rings. The number of unbranched alkanes of at least 4 members (excludes halogenated alkanes) is 1. The van der Waals surface area contributed by atoms with Crippen molar-refractivity contribution in [3.05, 3.63) is 0 Å². The van der Waals surface area contributed by atoms with E-state index in [2.05, 4.69) is 17.1 Å². The average Bonchev–Trinajstić information content (AvgIpc) is 2.38. The fourth-order valence-corrected chi connectivity index (χ4v) is 1.87. The van der Waals surface area contributed by atoms with Gasteiger partial charge >= 0.3 is 0 Å². The quantitative estimate of drug-likeness (QED) is 0.584. The van der Waals surface area contributed by atoms with Gasteiger partial charge in [-0.15, -0.1) is 0 Å². The first-order chi connectivity index (χ1) is 8.43. The van der Waals surface area contributed by atoms with Crippen LogP contribution in [0.4, 0.5) is 0 Å². The summed E-state index contributed by atoms with van der Waals surface area (Å²) in [6.07, 6.45) is 3.61. The number of nitrogens with one attached hydrogen (secondary N) is 1. The predicted molar refractivity (Wildman–Crippen MR) is 70.5 cm³/mol. The second-order valence-electron chi connectivity index (χ2n) is 4.52. The summed E-state index contributed by atoms with van der Waals surface area (Å²) < 4.78 is 10.8. The van der Waals surface area contributed by atoms with Crippen molar-refractivity contribution in [1.82, 2.24) is 10.2 Å². The maximum atomic E-state index is 5.48. The number of ether oxygens (including phenoxy) is 2. The van der Waals surface area contributed by atoms with Gasteiger partial charge in [-0.3, -0.25) is 4.90 Å². The summed E-state index contributed by atoms with van der Waals surface area (Å²) in [5.74, 6) is 0. The largest absolute Gasteiger partial charge is 0.380 e. The summed E-state index contributed by atoms with van der Waals surface area (Å²) in [7, 11) is 0. The Morgan fingerprint density at radius 2 is 1.94 bits per heavy atom. The molecule has 0 unspecified atom stereocenters. The standard InChI is InChI=1S/C13H28N2O2/c1-2-3-10-16-11-6-14-5-4-7-15-8-12-17-13-9-15/h14H,2-13H2,1H3. The Labute approximate surface area is 106 Å².